The lowest BCUT2D eigenvalue weighted by molar-refractivity contribution is 0.0884. The molecule has 2 heteroatoms. The van der Waals surface area contributed by atoms with Gasteiger partial charge in [0.15, 0.2) is 0 Å². The molecule has 1 saturated heterocycles. The SMILES string of the molecule is CCCNC1CCN(CC2(CC)CCCC2)CC1C. The zero-order valence-electron chi connectivity index (χ0n) is 13.4. The molecule has 1 aliphatic heterocycles. The maximum atomic E-state index is 3.73. The van der Waals surface area contributed by atoms with Gasteiger partial charge >= 0.3 is 0 Å². The third-order valence-electron chi connectivity index (χ3n) is 5.62. The normalized spacial score (nSPS) is 31.7. The van der Waals surface area contributed by atoms with E-state index in [1.807, 2.05) is 0 Å². The molecule has 2 nitrogen and oxygen atoms in total. The summed E-state index contributed by atoms with van der Waals surface area (Å²) < 4.78 is 0. The molecular formula is C17H34N2. The van der Waals surface area contributed by atoms with Gasteiger partial charge in [-0.15, -0.1) is 0 Å². The van der Waals surface area contributed by atoms with E-state index in [-0.39, 0.29) is 0 Å². The van der Waals surface area contributed by atoms with Gasteiger partial charge in [-0.3, -0.25) is 0 Å². The van der Waals surface area contributed by atoms with Crippen molar-refractivity contribution >= 4 is 0 Å². The summed E-state index contributed by atoms with van der Waals surface area (Å²) in [4.78, 5) is 2.77. The lowest BCUT2D eigenvalue weighted by atomic mass is 9.81. The van der Waals surface area contributed by atoms with Gasteiger partial charge in [-0.2, -0.15) is 0 Å². The summed E-state index contributed by atoms with van der Waals surface area (Å²) in [7, 11) is 0. The van der Waals surface area contributed by atoms with Crippen molar-refractivity contribution in [2.75, 3.05) is 26.2 Å². The highest BCUT2D eigenvalue weighted by atomic mass is 15.2. The third-order valence-corrected chi connectivity index (χ3v) is 5.62. The number of nitrogens with one attached hydrogen (secondary N) is 1. The monoisotopic (exact) mass is 266 g/mol. The summed E-state index contributed by atoms with van der Waals surface area (Å²) in [5, 5.41) is 3.73. The van der Waals surface area contributed by atoms with Gasteiger partial charge in [0.05, 0.1) is 0 Å². The molecule has 19 heavy (non-hydrogen) atoms. The van der Waals surface area contributed by atoms with Gasteiger partial charge in [0.25, 0.3) is 0 Å². The Bertz CT molecular complexity index is 258. The minimum Gasteiger partial charge on any atom is -0.314 e. The molecule has 0 aromatic rings. The minimum atomic E-state index is 0.670. The van der Waals surface area contributed by atoms with Crippen LogP contribution < -0.4 is 5.32 Å². The highest BCUT2D eigenvalue weighted by Gasteiger charge is 2.35. The molecule has 2 aliphatic rings. The van der Waals surface area contributed by atoms with Crippen LogP contribution in [0.2, 0.25) is 0 Å². The van der Waals surface area contributed by atoms with Crippen LogP contribution in [-0.2, 0) is 0 Å². The average molecular weight is 266 g/mol. The lowest BCUT2D eigenvalue weighted by Crippen LogP contribution is -2.50. The largest absolute Gasteiger partial charge is 0.314 e. The fourth-order valence-corrected chi connectivity index (χ4v) is 4.23. The van der Waals surface area contributed by atoms with E-state index in [1.54, 1.807) is 0 Å². The number of likely N-dealkylation sites (tertiary alicyclic amines) is 1. The van der Waals surface area contributed by atoms with Crippen LogP contribution in [-0.4, -0.2) is 37.1 Å². The summed E-state index contributed by atoms with van der Waals surface area (Å²) in [5.74, 6) is 0.815. The summed E-state index contributed by atoms with van der Waals surface area (Å²) in [5.41, 5.74) is 0.670. The van der Waals surface area contributed by atoms with Crippen molar-refractivity contribution in [3.63, 3.8) is 0 Å². The van der Waals surface area contributed by atoms with E-state index in [4.69, 9.17) is 0 Å². The van der Waals surface area contributed by atoms with E-state index in [1.165, 1.54) is 71.1 Å². The van der Waals surface area contributed by atoms with Crippen LogP contribution in [0.4, 0.5) is 0 Å². The number of nitrogens with zero attached hydrogens (tertiary/aromatic N) is 1. The first-order chi connectivity index (χ1) is 9.19. The Hall–Kier alpha value is -0.0800. The van der Waals surface area contributed by atoms with Gasteiger partial charge < -0.3 is 10.2 Å². The van der Waals surface area contributed by atoms with Crippen LogP contribution in [0.3, 0.4) is 0 Å². The van der Waals surface area contributed by atoms with Crippen molar-refractivity contribution in [2.45, 2.75) is 71.8 Å². The standard InChI is InChI=1S/C17H34N2/c1-4-11-18-16-8-12-19(13-15(16)3)14-17(5-2)9-6-7-10-17/h15-16,18H,4-14H2,1-3H3. The zero-order chi connectivity index (χ0) is 13.7. The lowest BCUT2D eigenvalue weighted by Gasteiger charge is -2.42. The van der Waals surface area contributed by atoms with E-state index in [9.17, 15) is 0 Å². The fraction of sp³-hybridized carbons (Fsp3) is 1.00. The first kappa shape index (κ1) is 15.3. The molecule has 0 spiro atoms. The second-order valence-corrected chi connectivity index (χ2v) is 7.12. The smallest absolute Gasteiger partial charge is 0.0117 e. The van der Waals surface area contributed by atoms with Crippen molar-refractivity contribution in [1.82, 2.24) is 10.2 Å². The van der Waals surface area contributed by atoms with E-state index in [0.29, 0.717) is 5.41 Å². The molecule has 0 aromatic heterocycles. The Morgan fingerprint density at radius 2 is 1.95 bits per heavy atom. The van der Waals surface area contributed by atoms with Crippen LogP contribution in [0.15, 0.2) is 0 Å². The summed E-state index contributed by atoms with van der Waals surface area (Å²) >= 11 is 0. The molecule has 2 unspecified atom stereocenters. The minimum absolute atomic E-state index is 0.670. The summed E-state index contributed by atoms with van der Waals surface area (Å²) in [6.45, 7) is 12.3. The number of hydrogen-bond donors (Lipinski definition) is 1. The van der Waals surface area contributed by atoms with Crippen molar-refractivity contribution in [2.24, 2.45) is 11.3 Å². The van der Waals surface area contributed by atoms with Gasteiger partial charge in [0.1, 0.15) is 0 Å². The van der Waals surface area contributed by atoms with Crippen molar-refractivity contribution in [3.05, 3.63) is 0 Å². The van der Waals surface area contributed by atoms with Crippen molar-refractivity contribution in [1.29, 1.82) is 0 Å². The van der Waals surface area contributed by atoms with Gasteiger partial charge in [0, 0.05) is 19.1 Å². The molecule has 1 saturated carbocycles. The molecule has 112 valence electrons. The second kappa shape index (κ2) is 7.08. The highest BCUT2D eigenvalue weighted by molar-refractivity contribution is 4.90. The molecule has 2 fully saturated rings. The highest BCUT2D eigenvalue weighted by Crippen LogP contribution is 2.42. The first-order valence-electron chi connectivity index (χ1n) is 8.65. The zero-order valence-corrected chi connectivity index (χ0v) is 13.4. The van der Waals surface area contributed by atoms with Crippen LogP contribution in [0, 0.1) is 11.3 Å². The van der Waals surface area contributed by atoms with Crippen molar-refractivity contribution < 1.29 is 0 Å². The molecule has 0 aromatic carbocycles. The molecule has 0 radical (unpaired) electrons. The molecule has 1 aliphatic carbocycles. The molecule has 2 atom stereocenters. The predicted molar refractivity (Wildman–Crippen MR) is 83.5 cm³/mol. The molecule has 2 rings (SSSR count). The third kappa shape index (κ3) is 3.95. The number of rotatable bonds is 6. The molecule has 0 amide bonds. The van der Waals surface area contributed by atoms with Crippen molar-refractivity contribution in [3.8, 4) is 0 Å². The van der Waals surface area contributed by atoms with Crippen LogP contribution in [0.25, 0.3) is 0 Å². The van der Waals surface area contributed by atoms with E-state index < -0.39 is 0 Å². The molecule has 1 heterocycles. The maximum Gasteiger partial charge on any atom is 0.0117 e. The van der Waals surface area contributed by atoms with Crippen LogP contribution in [0.1, 0.15) is 65.7 Å². The van der Waals surface area contributed by atoms with Crippen LogP contribution in [0.5, 0.6) is 0 Å². The Labute approximate surface area is 120 Å². The Morgan fingerprint density at radius 3 is 2.53 bits per heavy atom. The fourth-order valence-electron chi connectivity index (χ4n) is 4.23. The molecule has 1 N–H and O–H groups in total. The van der Waals surface area contributed by atoms with Gasteiger partial charge in [-0.05, 0) is 56.5 Å². The second-order valence-electron chi connectivity index (χ2n) is 7.12. The number of piperidine rings is 1. The maximum absolute atomic E-state index is 3.73. The Balaban J connectivity index is 1.81. The Morgan fingerprint density at radius 1 is 1.21 bits per heavy atom. The van der Waals surface area contributed by atoms with E-state index >= 15 is 0 Å². The topological polar surface area (TPSA) is 15.3 Å². The Kier molecular flexibility index (Phi) is 5.70. The van der Waals surface area contributed by atoms with Crippen LogP contribution >= 0.6 is 0 Å². The van der Waals surface area contributed by atoms with Gasteiger partial charge in [-0.1, -0.05) is 33.6 Å². The van der Waals surface area contributed by atoms with Gasteiger partial charge in [0.2, 0.25) is 0 Å². The van der Waals surface area contributed by atoms with Gasteiger partial charge in [-0.25, -0.2) is 0 Å². The molecule has 0 bridgehead atoms. The van der Waals surface area contributed by atoms with E-state index in [0.717, 1.165) is 12.0 Å². The van der Waals surface area contributed by atoms with E-state index in [2.05, 4.69) is 31.0 Å². The quantitative estimate of drug-likeness (QED) is 0.789. The summed E-state index contributed by atoms with van der Waals surface area (Å²) in [6, 6.07) is 0.761. The summed E-state index contributed by atoms with van der Waals surface area (Å²) in [6.07, 6.45) is 9.88. The first-order valence-corrected chi connectivity index (χ1v) is 8.65. The number of hydrogen-bond acceptors (Lipinski definition) is 2. The molecular weight excluding hydrogens is 232 g/mol. The average Bonchev–Trinajstić information content (AvgIpc) is 2.87. The predicted octanol–water partition coefficient (Wildman–Crippen LogP) is 3.67.